The number of nitrogens with zero attached hydrogens (tertiary/aromatic N) is 2. The summed E-state index contributed by atoms with van der Waals surface area (Å²) < 4.78 is 1.99. The van der Waals surface area contributed by atoms with Gasteiger partial charge in [-0.05, 0) is 33.3 Å². The molecule has 0 aliphatic heterocycles. The van der Waals surface area contributed by atoms with Crippen LogP contribution in [-0.4, -0.2) is 32.3 Å². The summed E-state index contributed by atoms with van der Waals surface area (Å²) in [6.45, 7) is 8.01. The smallest absolute Gasteiger partial charge is 0.321 e. The molecule has 0 spiro atoms. The van der Waals surface area contributed by atoms with Gasteiger partial charge in [0.25, 0.3) is 0 Å². The molecule has 1 aromatic carbocycles. The fourth-order valence-electron chi connectivity index (χ4n) is 2.11. The Kier molecular flexibility index (Phi) is 6.25. The molecule has 0 fully saturated rings. The number of aromatic nitrogens is 2. The average Bonchev–Trinajstić information content (AvgIpc) is 2.93. The van der Waals surface area contributed by atoms with Crippen molar-refractivity contribution in [3.63, 3.8) is 0 Å². The number of urea groups is 1. The van der Waals surface area contributed by atoms with Crippen LogP contribution in [0.3, 0.4) is 0 Å². The zero-order valence-electron chi connectivity index (χ0n) is 14.9. The molecule has 0 bridgehead atoms. The van der Waals surface area contributed by atoms with Crippen LogP contribution in [0.5, 0.6) is 0 Å². The van der Waals surface area contributed by atoms with E-state index in [1.54, 1.807) is 13.1 Å². The topological polar surface area (TPSA) is 76.0 Å². The molecule has 0 unspecified atom stereocenters. The minimum atomic E-state index is -0.488. The van der Waals surface area contributed by atoms with E-state index in [1.807, 2.05) is 61.9 Å². The molecule has 7 heteroatoms. The lowest BCUT2D eigenvalue weighted by Gasteiger charge is -2.21. The van der Waals surface area contributed by atoms with E-state index in [1.165, 1.54) is 11.8 Å². The van der Waals surface area contributed by atoms with Gasteiger partial charge in [0.05, 0.1) is 5.25 Å². The van der Waals surface area contributed by atoms with Gasteiger partial charge in [-0.1, -0.05) is 42.1 Å². The van der Waals surface area contributed by atoms with E-state index in [2.05, 4.69) is 15.6 Å². The standard InChI is InChI=1S/C18H24N4O2S/c1-13(15(23)20-16(24)21-18(2,3)4)25-17-19-10-11-22(17)12-14-8-6-5-7-9-14/h5-11,13H,12H2,1-4H3,(H2,20,21,23,24)/t13-/m0/s1. The highest BCUT2D eigenvalue weighted by Crippen LogP contribution is 2.22. The summed E-state index contributed by atoms with van der Waals surface area (Å²) in [6, 6.07) is 9.55. The largest absolute Gasteiger partial charge is 0.333 e. The summed E-state index contributed by atoms with van der Waals surface area (Å²) in [6.07, 6.45) is 3.59. The summed E-state index contributed by atoms with van der Waals surface area (Å²) >= 11 is 1.32. The van der Waals surface area contributed by atoms with Crippen molar-refractivity contribution in [1.29, 1.82) is 0 Å². The van der Waals surface area contributed by atoms with Crippen molar-refractivity contribution in [2.45, 2.75) is 50.2 Å². The fraction of sp³-hybridized carbons (Fsp3) is 0.389. The van der Waals surface area contributed by atoms with Crippen LogP contribution in [0.15, 0.2) is 47.9 Å². The number of rotatable bonds is 5. The predicted molar refractivity (Wildman–Crippen MR) is 99.5 cm³/mol. The minimum absolute atomic E-state index is 0.346. The van der Waals surface area contributed by atoms with Crippen molar-refractivity contribution in [2.75, 3.05) is 0 Å². The predicted octanol–water partition coefficient (Wildman–Crippen LogP) is 3.04. The number of imide groups is 1. The number of hydrogen-bond acceptors (Lipinski definition) is 4. The van der Waals surface area contributed by atoms with Gasteiger partial charge in [0.1, 0.15) is 0 Å². The van der Waals surface area contributed by atoms with E-state index < -0.39 is 16.8 Å². The Labute approximate surface area is 152 Å². The van der Waals surface area contributed by atoms with Crippen LogP contribution in [0.25, 0.3) is 0 Å². The summed E-state index contributed by atoms with van der Waals surface area (Å²) in [5.74, 6) is -0.346. The Morgan fingerprint density at radius 3 is 2.56 bits per heavy atom. The highest BCUT2D eigenvalue weighted by atomic mass is 32.2. The molecule has 0 saturated heterocycles. The normalized spacial score (nSPS) is 12.5. The number of nitrogens with one attached hydrogen (secondary N) is 2. The van der Waals surface area contributed by atoms with E-state index in [0.29, 0.717) is 6.54 Å². The molecule has 25 heavy (non-hydrogen) atoms. The quantitative estimate of drug-likeness (QED) is 0.804. The Bertz CT molecular complexity index is 722. The SMILES string of the molecule is C[C@H](Sc1nccn1Cc1ccccc1)C(=O)NC(=O)NC(C)(C)C. The molecule has 0 aliphatic rings. The van der Waals surface area contributed by atoms with E-state index in [-0.39, 0.29) is 5.91 Å². The molecular formula is C18H24N4O2S. The number of thioether (sulfide) groups is 1. The van der Waals surface area contributed by atoms with E-state index in [9.17, 15) is 9.59 Å². The van der Waals surface area contributed by atoms with Crippen molar-refractivity contribution < 1.29 is 9.59 Å². The van der Waals surface area contributed by atoms with Gasteiger partial charge in [0, 0.05) is 24.5 Å². The van der Waals surface area contributed by atoms with Crippen LogP contribution in [0.4, 0.5) is 4.79 Å². The van der Waals surface area contributed by atoms with Crippen molar-refractivity contribution >= 4 is 23.7 Å². The summed E-state index contributed by atoms with van der Waals surface area (Å²) in [4.78, 5) is 28.3. The molecule has 1 atom stereocenters. The Hall–Kier alpha value is -2.28. The molecule has 2 rings (SSSR count). The van der Waals surface area contributed by atoms with E-state index >= 15 is 0 Å². The lowest BCUT2D eigenvalue weighted by atomic mass is 10.1. The third-order valence-electron chi connectivity index (χ3n) is 3.25. The molecule has 0 aliphatic carbocycles. The lowest BCUT2D eigenvalue weighted by Crippen LogP contribution is -2.49. The first-order valence-corrected chi connectivity index (χ1v) is 8.97. The van der Waals surface area contributed by atoms with Crippen molar-refractivity contribution in [3.8, 4) is 0 Å². The highest BCUT2D eigenvalue weighted by molar-refractivity contribution is 8.00. The molecule has 2 N–H and O–H groups in total. The van der Waals surface area contributed by atoms with Gasteiger partial charge in [0.2, 0.25) is 5.91 Å². The zero-order valence-corrected chi connectivity index (χ0v) is 15.8. The van der Waals surface area contributed by atoms with Crippen LogP contribution >= 0.6 is 11.8 Å². The monoisotopic (exact) mass is 360 g/mol. The first-order chi connectivity index (χ1) is 11.7. The second-order valence-electron chi connectivity index (χ2n) is 6.78. The average molecular weight is 360 g/mol. The van der Waals surface area contributed by atoms with Gasteiger partial charge in [0.15, 0.2) is 5.16 Å². The molecule has 1 heterocycles. The maximum atomic E-state index is 12.2. The molecule has 3 amide bonds. The number of imidazole rings is 1. The lowest BCUT2D eigenvalue weighted by molar-refractivity contribution is -0.119. The number of amides is 3. The van der Waals surface area contributed by atoms with Gasteiger partial charge in [-0.2, -0.15) is 0 Å². The van der Waals surface area contributed by atoms with Crippen LogP contribution in [0.2, 0.25) is 0 Å². The van der Waals surface area contributed by atoms with E-state index in [4.69, 9.17) is 0 Å². The second-order valence-corrected chi connectivity index (χ2v) is 8.08. The van der Waals surface area contributed by atoms with Gasteiger partial charge < -0.3 is 9.88 Å². The molecule has 134 valence electrons. The first-order valence-electron chi connectivity index (χ1n) is 8.09. The molecule has 1 aromatic heterocycles. The Morgan fingerprint density at radius 2 is 1.92 bits per heavy atom. The summed E-state index contributed by atoms with van der Waals surface area (Å²) in [5, 5.41) is 5.37. The Morgan fingerprint density at radius 1 is 1.24 bits per heavy atom. The van der Waals surface area contributed by atoms with Gasteiger partial charge in [-0.3, -0.25) is 10.1 Å². The van der Waals surface area contributed by atoms with Crippen LogP contribution < -0.4 is 10.6 Å². The van der Waals surface area contributed by atoms with Crippen molar-refractivity contribution in [3.05, 3.63) is 48.3 Å². The van der Waals surface area contributed by atoms with Crippen LogP contribution in [-0.2, 0) is 11.3 Å². The number of carbonyl (C=O) groups excluding carboxylic acids is 2. The zero-order chi connectivity index (χ0) is 18.4. The highest BCUT2D eigenvalue weighted by Gasteiger charge is 2.21. The summed E-state index contributed by atoms with van der Waals surface area (Å²) in [5.41, 5.74) is 0.760. The third-order valence-corrected chi connectivity index (χ3v) is 4.37. The number of hydrogen-bond donors (Lipinski definition) is 2. The molecule has 0 saturated carbocycles. The first kappa shape index (κ1) is 19.1. The van der Waals surface area contributed by atoms with Gasteiger partial charge >= 0.3 is 6.03 Å². The van der Waals surface area contributed by atoms with Crippen molar-refractivity contribution in [1.82, 2.24) is 20.2 Å². The molecule has 2 aromatic rings. The number of benzene rings is 1. The summed E-state index contributed by atoms with van der Waals surface area (Å²) in [7, 11) is 0. The molecule has 6 nitrogen and oxygen atoms in total. The molecular weight excluding hydrogens is 336 g/mol. The minimum Gasteiger partial charge on any atom is -0.333 e. The molecule has 0 radical (unpaired) electrons. The maximum absolute atomic E-state index is 12.2. The number of carbonyl (C=O) groups is 2. The van der Waals surface area contributed by atoms with Crippen molar-refractivity contribution in [2.24, 2.45) is 0 Å². The maximum Gasteiger partial charge on any atom is 0.321 e. The Balaban J connectivity index is 1.94. The fourth-order valence-corrected chi connectivity index (χ4v) is 2.98. The van der Waals surface area contributed by atoms with Crippen LogP contribution in [0.1, 0.15) is 33.3 Å². The van der Waals surface area contributed by atoms with Gasteiger partial charge in [-0.25, -0.2) is 9.78 Å². The second kappa shape index (κ2) is 8.20. The van der Waals surface area contributed by atoms with Crippen LogP contribution in [0, 0.1) is 0 Å². The van der Waals surface area contributed by atoms with Gasteiger partial charge in [-0.15, -0.1) is 0 Å². The third kappa shape index (κ3) is 6.26. The van der Waals surface area contributed by atoms with E-state index in [0.717, 1.165) is 10.7 Å².